The number of piperidine rings is 1. The number of fused-ring (bicyclic) bond motifs is 1. The summed E-state index contributed by atoms with van der Waals surface area (Å²) in [6.45, 7) is 1.40. The van der Waals surface area contributed by atoms with E-state index in [0.29, 0.717) is 30.4 Å². The van der Waals surface area contributed by atoms with E-state index >= 15 is 0 Å². The van der Waals surface area contributed by atoms with Gasteiger partial charge in [-0.1, -0.05) is 19.3 Å². The summed E-state index contributed by atoms with van der Waals surface area (Å²) in [5, 5.41) is 11.8. The Labute approximate surface area is 156 Å². The predicted molar refractivity (Wildman–Crippen MR) is 102 cm³/mol. The van der Waals surface area contributed by atoms with E-state index in [0.717, 1.165) is 25.7 Å². The first kappa shape index (κ1) is 17.9. The fraction of sp³-hybridized carbons (Fsp3) is 0.579. The van der Waals surface area contributed by atoms with Crippen molar-refractivity contribution in [1.29, 1.82) is 0 Å². The van der Waals surface area contributed by atoms with Crippen molar-refractivity contribution in [2.75, 3.05) is 18.0 Å². The zero-order valence-electron chi connectivity index (χ0n) is 15.2. The Balaban J connectivity index is 1.52. The van der Waals surface area contributed by atoms with Crippen molar-refractivity contribution >= 4 is 22.3 Å². The van der Waals surface area contributed by atoms with Crippen LogP contribution in [-0.4, -0.2) is 40.2 Å². The second-order valence-electron chi connectivity index (χ2n) is 7.43. The van der Waals surface area contributed by atoms with Gasteiger partial charge in [-0.2, -0.15) is 0 Å². The Kier molecular flexibility index (Phi) is 5.07. The normalized spacial score (nSPS) is 19.5. The Morgan fingerprint density at radius 1 is 1.11 bits per heavy atom. The third-order valence-electron chi connectivity index (χ3n) is 5.65. The van der Waals surface area contributed by atoms with Crippen molar-refractivity contribution in [2.45, 2.75) is 57.2 Å². The van der Waals surface area contributed by atoms with E-state index < -0.39 is 4.92 Å². The lowest BCUT2D eigenvalue weighted by Crippen LogP contribution is -2.39. The van der Waals surface area contributed by atoms with E-state index in [9.17, 15) is 14.9 Å². The molecule has 0 spiro atoms. The molecule has 8 heteroatoms. The lowest BCUT2D eigenvalue weighted by molar-refractivity contribution is -0.384. The SMILES string of the molecule is O=c1[nH]cnc2cc(N3CCC(OC4CCCCC4)CC3)c([N+](=O)[O-])cc12. The molecule has 0 amide bonds. The minimum Gasteiger partial charge on any atom is -0.375 e. The molecule has 1 aliphatic carbocycles. The Bertz CT molecular complexity index is 883. The predicted octanol–water partition coefficient (Wildman–Crippen LogP) is 3.15. The highest BCUT2D eigenvalue weighted by molar-refractivity contribution is 5.87. The largest absolute Gasteiger partial charge is 0.375 e. The number of aromatic nitrogens is 2. The first-order valence-electron chi connectivity index (χ1n) is 9.68. The molecule has 0 bridgehead atoms. The summed E-state index contributed by atoms with van der Waals surface area (Å²) in [6.07, 6.45) is 9.74. The van der Waals surface area contributed by atoms with Crippen LogP contribution in [-0.2, 0) is 4.74 Å². The fourth-order valence-corrected chi connectivity index (χ4v) is 4.20. The lowest BCUT2D eigenvalue weighted by atomic mass is 9.97. The van der Waals surface area contributed by atoms with Gasteiger partial charge in [0, 0.05) is 19.2 Å². The highest BCUT2D eigenvalue weighted by atomic mass is 16.6. The number of hydrogen-bond acceptors (Lipinski definition) is 6. The molecule has 0 radical (unpaired) electrons. The highest BCUT2D eigenvalue weighted by Gasteiger charge is 2.28. The minimum atomic E-state index is -0.425. The van der Waals surface area contributed by atoms with Gasteiger partial charge in [0.1, 0.15) is 5.69 Å². The number of nitrogens with zero attached hydrogens (tertiary/aromatic N) is 3. The number of hydrogen-bond donors (Lipinski definition) is 1. The summed E-state index contributed by atoms with van der Waals surface area (Å²) in [6, 6.07) is 2.99. The summed E-state index contributed by atoms with van der Waals surface area (Å²) in [5.41, 5.74) is 0.587. The molecule has 1 saturated carbocycles. The Hall–Kier alpha value is -2.48. The van der Waals surface area contributed by atoms with Crippen LogP contribution in [0.5, 0.6) is 0 Å². The molecule has 0 unspecified atom stereocenters. The number of H-pyrrole nitrogens is 1. The molecule has 1 aromatic carbocycles. The Morgan fingerprint density at radius 2 is 1.81 bits per heavy atom. The van der Waals surface area contributed by atoms with Gasteiger partial charge in [0.15, 0.2) is 0 Å². The van der Waals surface area contributed by atoms with Gasteiger partial charge < -0.3 is 14.6 Å². The maximum atomic E-state index is 11.9. The third-order valence-corrected chi connectivity index (χ3v) is 5.65. The zero-order valence-corrected chi connectivity index (χ0v) is 15.2. The number of aromatic amines is 1. The van der Waals surface area contributed by atoms with Crippen LogP contribution in [0, 0.1) is 10.1 Å². The molecule has 2 aromatic rings. The van der Waals surface area contributed by atoms with Crippen LogP contribution < -0.4 is 10.5 Å². The summed E-state index contributed by atoms with van der Waals surface area (Å²) < 4.78 is 6.26. The molecule has 0 atom stereocenters. The minimum absolute atomic E-state index is 0.0485. The molecule has 8 nitrogen and oxygen atoms in total. The molecule has 1 saturated heterocycles. The molecule has 1 N–H and O–H groups in total. The van der Waals surface area contributed by atoms with Crippen molar-refractivity contribution < 1.29 is 9.66 Å². The average molecular weight is 372 g/mol. The van der Waals surface area contributed by atoms with Crippen molar-refractivity contribution in [2.24, 2.45) is 0 Å². The summed E-state index contributed by atoms with van der Waals surface area (Å²) in [5.74, 6) is 0. The number of benzene rings is 1. The van der Waals surface area contributed by atoms with Gasteiger partial charge in [-0.3, -0.25) is 14.9 Å². The molecule has 4 rings (SSSR count). The van der Waals surface area contributed by atoms with Gasteiger partial charge in [0.2, 0.25) is 0 Å². The molecular weight excluding hydrogens is 348 g/mol. The first-order valence-corrected chi connectivity index (χ1v) is 9.68. The standard InChI is InChI=1S/C19H24N4O4/c24-19-15-10-18(23(25)26)17(11-16(15)20-12-21-19)22-8-6-14(7-9-22)27-13-4-2-1-3-5-13/h10-14H,1-9H2,(H,20,21,24). The van der Waals surface area contributed by atoms with Gasteiger partial charge in [0.05, 0.1) is 34.4 Å². The number of rotatable bonds is 4. The molecule has 2 fully saturated rings. The van der Waals surface area contributed by atoms with Crippen LogP contribution in [0.3, 0.4) is 0 Å². The van der Waals surface area contributed by atoms with Crippen LogP contribution >= 0.6 is 0 Å². The van der Waals surface area contributed by atoms with Crippen LogP contribution in [0.25, 0.3) is 10.9 Å². The topological polar surface area (TPSA) is 101 Å². The first-order chi connectivity index (χ1) is 13.1. The molecule has 27 heavy (non-hydrogen) atoms. The van der Waals surface area contributed by atoms with E-state index in [1.165, 1.54) is 31.7 Å². The monoisotopic (exact) mass is 372 g/mol. The summed E-state index contributed by atoms with van der Waals surface area (Å²) >= 11 is 0. The van der Waals surface area contributed by atoms with Gasteiger partial charge in [-0.15, -0.1) is 0 Å². The van der Waals surface area contributed by atoms with Crippen LogP contribution in [0.2, 0.25) is 0 Å². The second kappa shape index (κ2) is 7.64. The molecular formula is C19H24N4O4. The second-order valence-corrected chi connectivity index (χ2v) is 7.43. The molecule has 2 aliphatic rings. The number of ether oxygens (including phenoxy) is 1. The van der Waals surface area contributed by atoms with Crippen molar-refractivity contribution in [1.82, 2.24) is 9.97 Å². The van der Waals surface area contributed by atoms with E-state index in [4.69, 9.17) is 4.74 Å². The van der Waals surface area contributed by atoms with E-state index in [2.05, 4.69) is 9.97 Å². The number of nitro groups is 1. The maximum Gasteiger partial charge on any atom is 0.293 e. The van der Waals surface area contributed by atoms with E-state index in [-0.39, 0.29) is 22.7 Å². The fourth-order valence-electron chi connectivity index (χ4n) is 4.20. The van der Waals surface area contributed by atoms with Gasteiger partial charge in [0.25, 0.3) is 11.2 Å². The molecule has 144 valence electrons. The van der Waals surface area contributed by atoms with Crippen molar-refractivity contribution in [3.63, 3.8) is 0 Å². The molecule has 1 aromatic heterocycles. The number of nitro benzene ring substituents is 1. The lowest BCUT2D eigenvalue weighted by Gasteiger charge is -2.35. The maximum absolute atomic E-state index is 11.9. The quantitative estimate of drug-likeness (QED) is 0.653. The van der Waals surface area contributed by atoms with Crippen LogP contribution in [0.4, 0.5) is 11.4 Å². The molecule has 1 aliphatic heterocycles. The van der Waals surface area contributed by atoms with Crippen molar-refractivity contribution in [3.05, 3.63) is 38.9 Å². The van der Waals surface area contributed by atoms with Gasteiger partial charge >= 0.3 is 0 Å². The van der Waals surface area contributed by atoms with E-state index in [1.807, 2.05) is 4.90 Å². The van der Waals surface area contributed by atoms with Crippen LogP contribution in [0.1, 0.15) is 44.9 Å². The van der Waals surface area contributed by atoms with Crippen LogP contribution in [0.15, 0.2) is 23.3 Å². The number of nitrogens with one attached hydrogen (secondary N) is 1. The van der Waals surface area contributed by atoms with Gasteiger partial charge in [-0.25, -0.2) is 4.98 Å². The van der Waals surface area contributed by atoms with Crippen molar-refractivity contribution in [3.8, 4) is 0 Å². The molecule has 2 heterocycles. The zero-order chi connectivity index (χ0) is 18.8. The van der Waals surface area contributed by atoms with Gasteiger partial charge in [-0.05, 0) is 31.7 Å². The Morgan fingerprint density at radius 3 is 2.52 bits per heavy atom. The van der Waals surface area contributed by atoms with E-state index in [1.54, 1.807) is 6.07 Å². The highest BCUT2D eigenvalue weighted by Crippen LogP contribution is 2.34. The number of anilines is 1. The summed E-state index contributed by atoms with van der Waals surface area (Å²) in [4.78, 5) is 31.7. The average Bonchev–Trinajstić information content (AvgIpc) is 2.69. The summed E-state index contributed by atoms with van der Waals surface area (Å²) in [7, 11) is 0. The third kappa shape index (κ3) is 3.80. The smallest absolute Gasteiger partial charge is 0.293 e.